The molecule has 0 saturated heterocycles. The van der Waals surface area contributed by atoms with Crippen LogP contribution in [0.15, 0.2) is 22.7 Å². The number of aryl methyl sites for hydroxylation is 1. The minimum atomic E-state index is 0.502. The summed E-state index contributed by atoms with van der Waals surface area (Å²) in [5.41, 5.74) is 7.78. The predicted molar refractivity (Wildman–Crippen MR) is 62.2 cm³/mol. The topological polar surface area (TPSA) is 51.8 Å². The van der Waals surface area contributed by atoms with Crippen LogP contribution in [0.1, 0.15) is 5.56 Å². The van der Waals surface area contributed by atoms with Crippen LogP contribution in [0.4, 0.5) is 5.13 Å². The Morgan fingerprint density at radius 3 is 2.71 bits per heavy atom. The molecule has 5 heteroatoms. The van der Waals surface area contributed by atoms with Gasteiger partial charge in [-0.3, -0.25) is 0 Å². The minimum absolute atomic E-state index is 0.502. The summed E-state index contributed by atoms with van der Waals surface area (Å²) in [6, 6.07) is 6.05. The van der Waals surface area contributed by atoms with E-state index < -0.39 is 0 Å². The Labute approximate surface area is 94.1 Å². The maximum Gasteiger partial charge on any atom is 0.203 e. The number of anilines is 1. The first-order valence-electron chi connectivity index (χ1n) is 4.02. The molecular weight excluding hydrogens is 262 g/mol. The van der Waals surface area contributed by atoms with Gasteiger partial charge in [0.2, 0.25) is 5.13 Å². The van der Waals surface area contributed by atoms with Gasteiger partial charge in [-0.05, 0) is 24.6 Å². The van der Waals surface area contributed by atoms with E-state index in [2.05, 4.69) is 26.1 Å². The first-order valence-corrected chi connectivity index (χ1v) is 5.63. The first-order chi connectivity index (χ1) is 6.66. The number of halogens is 1. The van der Waals surface area contributed by atoms with Gasteiger partial charge < -0.3 is 5.73 Å². The van der Waals surface area contributed by atoms with Gasteiger partial charge in [-0.1, -0.05) is 33.3 Å². The molecule has 0 atom stereocenters. The lowest BCUT2D eigenvalue weighted by Gasteiger charge is -2.01. The van der Waals surface area contributed by atoms with Crippen molar-refractivity contribution in [1.82, 2.24) is 10.2 Å². The molecule has 1 aromatic carbocycles. The number of hydrogen-bond acceptors (Lipinski definition) is 4. The van der Waals surface area contributed by atoms with Crippen LogP contribution in [0.2, 0.25) is 0 Å². The zero-order chi connectivity index (χ0) is 10.1. The van der Waals surface area contributed by atoms with Crippen molar-refractivity contribution >= 4 is 32.4 Å². The zero-order valence-electron chi connectivity index (χ0n) is 7.49. The fraction of sp³-hybridized carbons (Fsp3) is 0.111. The second-order valence-corrected chi connectivity index (χ2v) is 4.83. The molecule has 0 unspecified atom stereocenters. The molecule has 2 aromatic rings. The van der Waals surface area contributed by atoms with Gasteiger partial charge in [0.05, 0.1) is 0 Å². The molecule has 2 rings (SSSR count). The summed E-state index contributed by atoms with van der Waals surface area (Å²) in [6.07, 6.45) is 0. The van der Waals surface area contributed by atoms with Gasteiger partial charge in [0.25, 0.3) is 0 Å². The van der Waals surface area contributed by atoms with E-state index in [0.29, 0.717) is 5.13 Å². The Morgan fingerprint density at radius 1 is 1.36 bits per heavy atom. The average Bonchev–Trinajstić information content (AvgIpc) is 2.51. The quantitative estimate of drug-likeness (QED) is 0.866. The van der Waals surface area contributed by atoms with Crippen LogP contribution in [0, 0.1) is 6.92 Å². The molecule has 3 nitrogen and oxygen atoms in total. The van der Waals surface area contributed by atoms with Gasteiger partial charge in [-0.2, -0.15) is 0 Å². The van der Waals surface area contributed by atoms with Crippen LogP contribution in [-0.4, -0.2) is 10.2 Å². The summed E-state index contributed by atoms with van der Waals surface area (Å²) in [4.78, 5) is 0. The molecule has 0 saturated carbocycles. The van der Waals surface area contributed by atoms with Gasteiger partial charge in [0.15, 0.2) is 0 Å². The number of nitrogens with zero attached hydrogens (tertiary/aromatic N) is 2. The van der Waals surface area contributed by atoms with Crippen LogP contribution in [0.3, 0.4) is 0 Å². The minimum Gasteiger partial charge on any atom is -0.374 e. The van der Waals surface area contributed by atoms with E-state index in [4.69, 9.17) is 5.73 Å². The molecule has 1 heterocycles. The SMILES string of the molecule is Cc1cc(Br)ccc1-c1nnc(N)s1. The van der Waals surface area contributed by atoms with Crippen molar-refractivity contribution in [3.05, 3.63) is 28.2 Å². The zero-order valence-corrected chi connectivity index (χ0v) is 9.89. The highest BCUT2D eigenvalue weighted by atomic mass is 79.9. The maximum atomic E-state index is 5.53. The van der Waals surface area contributed by atoms with Crippen molar-refractivity contribution in [2.75, 3.05) is 5.73 Å². The Bertz CT molecular complexity index is 467. The summed E-state index contributed by atoms with van der Waals surface area (Å²) in [5.74, 6) is 0. The number of rotatable bonds is 1. The van der Waals surface area contributed by atoms with Crippen molar-refractivity contribution < 1.29 is 0 Å². The van der Waals surface area contributed by atoms with Gasteiger partial charge >= 0.3 is 0 Å². The molecule has 0 amide bonds. The molecule has 0 spiro atoms. The molecule has 0 aliphatic heterocycles. The van der Waals surface area contributed by atoms with Crippen molar-refractivity contribution in [1.29, 1.82) is 0 Å². The summed E-state index contributed by atoms with van der Waals surface area (Å²) >= 11 is 4.82. The molecule has 0 radical (unpaired) electrons. The summed E-state index contributed by atoms with van der Waals surface area (Å²) in [6.45, 7) is 2.04. The van der Waals surface area contributed by atoms with Crippen molar-refractivity contribution in [2.24, 2.45) is 0 Å². The summed E-state index contributed by atoms with van der Waals surface area (Å²) in [7, 11) is 0. The van der Waals surface area contributed by atoms with Crippen LogP contribution in [-0.2, 0) is 0 Å². The van der Waals surface area contributed by atoms with Gasteiger partial charge in [0.1, 0.15) is 5.01 Å². The van der Waals surface area contributed by atoms with Crippen LogP contribution in [0.5, 0.6) is 0 Å². The van der Waals surface area contributed by atoms with Gasteiger partial charge in [0, 0.05) is 10.0 Å². The fourth-order valence-corrected chi connectivity index (χ4v) is 2.39. The summed E-state index contributed by atoms with van der Waals surface area (Å²) in [5, 5.41) is 9.17. The van der Waals surface area contributed by atoms with Gasteiger partial charge in [-0.25, -0.2) is 0 Å². The number of nitrogens with two attached hydrogens (primary N) is 1. The molecule has 14 heavy (non-hydrogen) atoms. The molecule has 2 N–H and O–H groups in total. The Morgan fingerprint density at radius 2 is 2.14 bits per heavy atom. The molecular formula is C9H8BrN3S. The second kappa shape index (κ2) is 3.67. The van der Waals surface area contributed by atoms with Crippen LogP contribution in [0.25, 0.3) is 10.6 Å². The largest absolute Gasteiger partial charge is 0.374 e. The van der Waals surface area contributed by atoms with Crippen LogP contribution >= 0.6 is 27.3 Å². The van der Waals surface area contributed by atoms with Gasteiger partial charge in [-0.15, -0.1) is 10.2 Å². The van der Waals surface area contributed by atoms with E-state index in [1.54, 1.807) is 0 Å². The molecule has 0 aliphatic rings. The lowest BCUT2D eigenvalue weighted by Crippen LogP contribution is -1.82. The maximum absolute atomic E-state index is 5.53. The molecule has 72 valence electrons. The normalized spacial score (nSPS) is 10.4. The first kappa shape index (κ1) is 9.61. The highest BCUT2D eigenvalue weighted by molar-refractivity contribution is 9.10. The number of benzene rings is 1. The molecule has 0 bridgehead atoms. The van der Waals surface area contributed by atoms with E-state index in [1.165, 1.54) is 11.3 Å². The van der Waals surface area contributed by atoms with E-state index in [-0.39, 0.29) is 0 Å². The smallest absolute Gasteiger partial charge is 0.203 e. The van der Waals surface area contributed by atoms with E-state index in [0.717, 1.165) is 20.6 Å². The van der Waals surface area contributed by atoms with Crippen molar-refractivity contribution in [3.8, 4) is 10.6 Å². The predicted octanol–water partition coefficient (Wildman–Crippen LogP) is 2.86. The standard InChI is InChI=1S/C9H8BrN3S/c1-5-4-6(10)2-3-7(5)8-12-13-9(11)14-8/h2-4H,1H3,(H2,11,13). The summed E-state index contributed by atoms with van der Waals surface area (Å²) < 4.78 is 1.07. The molecule has 0 aliphatic carbocycles. The van der Waals surface area contributed by atoms with Crippen LogP contribution < -0.4 is 5.73 Å². The fourth-order valence-electron chi connectivity index (χ4n) is 1.21. The molecule has 0 fully saturated rings. The van der Waals surface area contributed by atoms with Crippen molar-refractivity contribution in [3.63, 3.8) is 0 Å². The number of hydrogen-bond donors (Lipinski definition) is 1. The van der Waals surface area contributed by atoms with E-state index >= 15 is 0 Å². The number of nitrogen functional groups attached to an aromatic ring is 1. The molecule has 1 aromatic heterocycles. The second-order valence-electron chi connectivity index (χ2n) is 2.90. The Balaban J connectivity index is 2.52. The third kappa shape index (κ3) is 1.78. The third-order valence-corrected chi connectivity index (χ3v) is 3.14. The monoisotopic (exact) mass is 269 g/mol. The lowest BCUT2D eigenvalue weighted by molar-refractivity contribution is 1.10. The highest BCUT2D eigenvalue weighted by Gasteiger charge is 2.07. The Kier molecular flexibility index (Phi) is 2.52. The van der Waals surface area contributed by atoms with Crippen molar-refractivity contribution in [2.45, 2.75) is 6.92 Å². The highest BCUT2D eigenvalue weighted by Crippen LogP contribution is 2.29. The number of aromatic nitrogens is 2. The Hall–Kier alpha value is -0.940. The van der Waals surface area contributed by atoms with E-state index in [1.807, 2.05) is 25.1 Å². The van der Waals surface area contributed by atoms with E-state index in [9.17, 15) is 0 Å². The average molecular weight is 270 g/mol. The third-order valence-electron chi connectivity index (χ3n) is 1.86. The lowest BCUT2D eigenvalue weighted by atomic mass is 10.1.